The van der Waals surface area contributed by atoms with E-state index in [1.165, 1.54) is 17.8 Å². The number of nitrogens with two attached hydrogens (primary N) is 2. The number of nitrogens with zero attached hydrogens (tertiary/aromatic N) is 1. The van der Waals surface area contributed by atoms with Crippen molar-refractivity contribution >= 4 is 73.1 Å². The first-order valence-electron chi connectivity index (χ1n) is 7.86. The maximum absolute atomic E-state index is 13.3. The van der Waals surface area contributed by atoms with Crippen molar-refractivity contribution in [1.82, 2.24) is 0 Å². The summed E-state index contributed by atoms with van der Waals surface area (Å²) >= 11 is 11.6. The van der Waals surface area contributed by atoms with E-state index in [0.29, 0.717) is 21.3 Å². The quantitative estimate of drug-likeness (QED) is 0.214. The van der Waals surface area contributed by atoms with Crippen molar-refractivity contribution in [2.75, 3.05) is 11.5 Å². The van der Waals surface area contributed by atoms with E-state index in [-0.39, 0.29) is 0 Å². The van der Waals surface area contributed by atoms with Crippen molar-refractivity contribution in [3.63, 3.8) is 0 Å². The highest BCUT2D eigenvalue weighted by Crippen LogP contribution is 2.32. The molecular formula is C19H12BrF4N3S4. The van der Waals surface area contributed by atoms with E-state index in [2.05, 4.69) is 43.2 Å². The Labute approximate surface area is 200 Å². The van der Waals surface area contributed by atoms with Gasteiger partial charge in [-0.05, 0) is 35.4 Å². The lowest BCUT2D eigenvalue weighted by Crippen LogP contribution is -1.96. The molecule has 31 heavy (non-hydrogen) atoms. The van der Waals surface area contributed by atoms with Crippen molar-refractivity contribution in [3.8, 4) is 11.1 Å². The van der Waals surface area contributed by atoms with Gasteiger partial charge < -0.3 is 11.5 Å². The molecule has 3 aromatic carbocycles. The number of para-hydroxylation sites is 1. The number of hydrogen-bond donors (Lipinski definition) is 2. The van der Waals surface area contributed by atoms with Crippen LogP contribution in [0.25, 0.3) is 16.0 Å². The molecular weight excluding hydrogens is 554 g/mol. The lowest BCUT2D eigenvalue weighted by Gasteiger charge is -2.06. The van der Waals surface area contributed by atoms with Crippen LogP contribution in [0.5, 0.6) is 0 Å². The first kappa shape index (κ1) is 26.9. The third-order valence-electron chi connectivity index (χ3n) is 3.49. The van der Waals surface area contributed by atoms with Gasteiger partial charge >= 0.3 is 0 Å². The fraction of sp³-hybridized carbons (Fsp3) is 0. The predicted octanol–water partition coefficient (Wildman–Crippen LogP) is 6.06. The summed E-state index contributed by atoms with van der Waals surface area (Å²) in [5.74, 6) is -3.13. The van der Waals surface area contributed by atoms with Crippen LogP contribution in [-0.2, 0) is 40.1 Å². The molecule has 0 aliphatic carbocycles. The Hall–Kier alpha value is -2.17. The van der Waals surface area contributed by atoms with Crippen molar-refractivity contribution in [2.45, 2.75) is 0 Å². The van der Waals surface area contributed by atoms with Crippen LogP contribution in [0, 0.1) is 29.8 Å². The largest absolute Gasteiger partial charge is 0.394 e. The number of benzene rings is 3. The molecule has 0 spiro atoms. The SMILES string of the molecule is Nc1c(F)cc(Br)cc1F.S=S=S=S.[C-]#[N+]c1ccccc1-c1cc(F)c(N)c(F)c1. The molecule has 0 amide bonds. The molecule has 3 aromatic rings. The van der Waals surface area contributed by atoms with Crippen molar-refractivity contribution in [3.05, 3.63) is 87.7 Å². The molecule has 0 aliphatic heterocycles. The van der Waals surface area contributed by atoms with Gasteiger partial charge in [0.1, 0.15) is 34.6 Å². The number of halogens is 5. The van der Waals surface area contributed by atoms with Crippen LogP contribution < -0.4 is 11.5 Å². The zero-order valence-corrected chi connectivity index (χ0v) is 20.1. The molecule has 0 saturated carbocycles. The summed E-state index contributed by atoms with van der Waals surface area (Å²) in [6.07, 6.45) is 0. The van der Waals surface area contributed by atoms with E-state index in [9.17, 15) is 17.6 Å². The topological polar surface area (TPSA) is 56.4 Å². The summed E-state index contributed by atoms with van der Waals surface area (Å²) in [5.41, 5.74) is 10.4. The second kappa shape index (κ2) is 13.3. The van der Waals surface area contributed by atoms with Crippen LogP contribution in [0.15, 0.2) is 53.0 Å². The first-order chi connectivity index (χ1) is 14.7. The fourth-order valence-corrected chi connectivity index (χ4v) is 2.51. The maximum atomic E-state index is 13.3. The van der Waals surface area contributed by atoms with Crippen LogP contribution in [0.1, 0.15) is 0 Å². The molecule has 0 aliphatic rings. The third kappa shape index (κ3) is 8.12. The zero-order valence-electron chi connectivity index (χ0n) is 15.2. The second-order valence-corrected chi connectivity index (χ2v) is 9.86. The first-order valence-corrected chi connectivity index (χ1v) is 12.6. The number of rotatable bonds is 1. The van der Waals surface area contributed by atoms with Crippen LogP contribution in [0.3, 0.4) is 0 Å². The molecule has 0 unspecified atom stereocenters. The number of hydrogen-bond acceptors (Lipinski definition) is 4. The van der Waals surface area contributed by atoms with E-state index >= 15 is 0 Å². The van der Waals surface area contributed by atoms with Gasteiger partial charge in [0, 0.05) is 44.6 Å². The molecule has 4 N–H and O–H groups in total. The van der Waals surface area contributed by atoms with Crippen LogP contribution in [-0.4, -0.2) is 0 Å². The van der Waals surface area contributed by atoms with Gasteiger partial charge in [-0.1, -0.05) is 40.2 Å². The smallest absolute Gasteiger partial charge is 0.194 e. The Bertz CT molecular complexity index is 1150. The van der Waals surface area contributed by atoms with Crippen LogP contribution in [0.2, 0.25) is 0 Å². The van der Waals surface area contributed by atoms with Crippen LogP contribution >= 0.6 is 15.9 Å². The minimum absolute atomic E-state index is 0.306. The third-order valence-corrected chi connectivity index (χ3v) is 6.17. The molecule has 12 heteroatoms. The molecule has 0 fully saturated rings. The standard InChI is InChI=1S/C13H8F2N2.C6H4BrF2N.S4/c1-17-12-5-3-2-4-9(12)8-6-10(14)13(16)11(15)7-8;7-3-1-4(8)6(10)5(9)2-3;1-3-4-2/h2-7H,16H2;1-2H,10H2;. The number of anilines is 2. The lowest BCUT2D eigenvalue weighted by atomic mass is 10.0. The van der Waals surface area contributed by atoms with Gasteiger partial charge in [0.05, 0.1) is 6.57 Å². The monoisotopic (exact) mass is 565 g/mol. The van der Waals surface area contributed by atoms with E-state index in [0.717, 1.165) is 24.3 Å². The van der Waals surface area contributed by atoms with Gasteiger partial charge in [-0.15, -0.1) is 0 Å². The number of nitrogen functional groups attached to an aromatic ring is 2. The van der Waals surface area contributed by atoms with Gasteiger partial charge in [-0.25, -0.2) is 22.4 Å². The van der Waals surface area contributed by atoms with Gasteiger partial charge in [-0.3, -0.25) is 0 Å². The summed E-state index contributed by atoms with van der Waals surface area (Å²) in [6.45, 7) is 7.00. The minimum atomic E-state index is -0.820. The Morgan fingerprint density at radius 1 is 0.806 bits per heavy atom. The summed E-state index contributed by atoms with van der Waals surface area (Å²) in [7, 11) is 2.34. The Balaban J connectivity index is 0.000000290. The Kier molecular flexibility index (Phi) is 11.5. The minimum Gasteiger partial charge on any atom is -0.394 e. The summed E-state index contributed by atoms with van der Waals surface area (Å²) < 4.78 is 51.9. The highest BCUT2D eigenvalue weighted by Gasteiger charge is 2.11. The summed E-state index contributed by atoms with van der Waals surface area (Å²) in [5, 5.41) is 0. The fourth-order valence-electron chi connectivity index (χ4n) is 2.11. The molecule has 0 radical (unpaired) electrons. The second-order valence-electron chi connectivity index (χ2n) is 5.40. The molecule has 0 atom stereocenters. The normalized spacial score (nSPS) is 9.29. The van der Waals surface area contributed by atoms with E-state index in [1.807, 2.05) is 0 Å². The molecule has 3 nitrogen and oxygen atoms in total. The van der Waals surface area contributed by atoms with E-state index in [1.54, 1.807) is 24.3 Å². The average Bonchev–Trinajstić information content (AvgIpc) is 2.76. The highest BCUT2D eigenvalue weighted by molar-refractivity contribution is 9.10. The molecule has 3 rings (SSSR count). The summed E-state index contributed by atoms with van der Waals surface area (Å²) in [6, 6.07) is 11.1. The maximum Gasteiger partial charge on any atom is 0.194 e. The van der Waals surface area contributed by atoms with E-state index < -0.39 is 34.6 Å². The van der Waals surface area contributed by atoms with Gasteiger partial charge in [0.25, 0.3) is 0 Å². The molecule has 0 aromatic heterocycles. The Morgan fingerprint density at radius 3 is 1.65 bits per heavy atom. The molecule has 0 bridgehead atoms. The van der Waals surface area contributed by atoms with Gasteiger partial charge in [-0.2, -0.15) is 0 Å². The zero-order chi connectivity index (χ0) is 23.6. The van der Waals surface area contributed by atoms with Crippen molar-refractivity contribution in [2.24, 2.45) is 0 Å². The van der Waals surface area contributed by atoms with Gasteiger partial charge in [0.2, 0.25) is 0 Å². The predicted molar refractivity (Wildman–Crippen MR) is 130 cm³/mol. The molecule has 0 heterocycles. The summed E-state index contributed by atoms with van der Waals surface area (Å²) in [4.78, 5) is 3.30. The molecule has 0 saturated heterocycles. The average molecular weight is 566 g/mol. The van der Waals surface area contributed by atoms with Crippen molar-refractivity contribution < 1.29 is 17.6 Å². The Morgan fingerprint density at radius 2 is 1.23 bits per heavy atom. The lowest BCUT2D eigenvalue weighted by molar-refractivity contribution is 0.590. The highest BCUT2D eigenvalue weighted by atomic mass is 79.9. The van der Waals surface area contributed by atoms with Gasteiger partial charge in [0.15, 0.2) is 5.69 Å². The van der Waals surface area contributed by atoms with Crippen LogP contribution in [0.4, 0.5) is 34.6 Å². The molecule has 162 valence electrons. The van der Waals surface area contributed by atoms with E-state index in [4.69, 9.17) is 18.0 Å². The van der Waals surface area contributed by atoms with Crippen molar-refractivity contribution in [1.29, 1.82) is 0 Å².